The van der Waals surface area contributed by atoms with Crippen LogP contribution in [0.5, 0.6) is 11.6 Å². The first kappa shape index (κ1) is 21.9. The number of aryl methyl sites for hydroxylation is 1. The van der Waals surface area contributed by atoms with Crippen LogP contribution in [0, 0.1) is 6.92 Å². The molecule has 0 saturated heterocycles. The highest BCUT2D eigenvalue weighted by atomic mass is 35.5. The number of methoxy groups -OCH3 is 2. The van der Waals surface area contributed by atoms with Crippen molar-refractivity contribution in [2.24, 2.45) is 0 Å². The summed E-state index contributed by atoms with van der Waals surface area (Å²) in [4.78, 5) is 18.4. The van der Waals surface area contributed by atoms with Crippen LogP contribution in [-0.4, -0.2) is 41.2 Å². The molecule has 0 aliphatic heterocycles. The van der Waals surface area contributed by atoms with E-state index in [0.717, 1.165) is 32.8 Å². The summed E-state index contributed by atoms with van der Waals surface area (Å²) >= 11 is 7.44. The second kappa shape index (κ2) is 9.46. The van der Waals surface area contributed by atoms with E-state index < -0.39 is 0 Å². The van der Waals surface area contributed by atoms with Crippen LogP contribution in [0.25, 0.3) is 22.2 Å². The summed E-state index contributed by atoms with van der Waals surface area (Å²) in [7, 11) is 4.99. The fourth-order valence-electron chi connectivity index (χ4n) is 3.24. The van der Waals surface area contributed by atoms with Crippen molar-refractivity contribution in [3.8, 4) is 22.8 Å². The Bertz CT molecular complexity index is 1290. The SMILES string of the molecule is CNc1ncc2cc(-c3cccc(NSc4cc(Cl)cnc4OC)c3OC)c(C)nc2n1. The van der Waals surface area contributed by atoms with E-state index in [9.17, 15) is 0 Å². The van der Waals surface area contributed by atoms with Crippen LogP contribution in [0.2, 0.25) is 5.02 Å². The maximum atomic E-state index is 6.10. The first-order chi connectivity index (χ1) is 15.5. The molecule has 0 saturated carbocycles. The van der Waals surface area contributed by atoms with E-state index in [0.29, 0.717) is 28.2 Å². The number of hydrogen-bond donors (Lipinski definition) is 2. The van der Waals surface area contributed by atoms with Crippen molar-refractivity contribution in [3.63, 3.8) is 0 Å². The molecule has 0 amide bonds. The monoisotopic (exact) mass is 468 g/mol. The van der Waals surface area contributed by atoms with Crippen LogP contribution in [0.3, 0.4) is 0 Å². The summed E-state index contributed by atoms with van der Waals surface area (Å²) in [5.41, 5.74) is 4.10. The number of benzene rings is 1. The average molecular weight is 469 g/mol. The number of ether oxygens (including phenoxy) is 2. The van der Waals surface area contributed by atoms with E-state index >= 15 is 0 Å². The van der Waals surface area contributed by atoms with Gasteiger partial charge in [0.05, 0.1) is 29.8 Å². The van der Waals surface area contributed by atoms with Crippen LogP contribution in [-0.2, 0) is 0 Å². The van der Waals surface area contributed by atoms with Gasteiger partial charge in [-0.2, -0.15) is 4.98 Å². The predicted molar refractivity (Wildman–Crippen MR) is 129 cm³/mol. The van der Waals surface area contributed by atoms with Gasteiger partial charge < -0.3 is 19.5 Å². The fourth-order valence-corrected chi connectivity index (χ4v) is 4.25. The molecular weight excluding hydrogens is 448 g/mol. The minimum Gasteiger partial charge on any atom is -0.494 e. The average Bonchev–Trinajstić information content (AvgIpc) is 2.81. The molecular formula is C22H21ClN6O2S. The predicted octanol–water partition coefficient (Wildman–Crippen LogP) is 5.23. The van der Waals surface area contributed by atoms with Gasteiger partial charge in [-0.05, 0) is 37.1 Å². The minimum atomic E-state index is 0.484. The molecule has 1 aromatic carbocycles. The van der Waals surface area contributed by atoms with Gasteiger partial charge in [-0.25, -0.2) is 15.0 Å². The minimum absolute atomic E-state index is 0.484. The van der Waals surface area contributed by atoms with E-state index in [1.165, 1.54) is 11.9 Å². The number of anilines is 2. The number of aromatic nitrogens is 4. The Labute approximate surface area is 194 Å². The molecule has 0 fully saturated rings. The molecule has 0 bridgehead atoms. The Morgan fingerprint density at radius 2 is 1.84 bits per heavy atom. The topological polar surface area (TPSA) is 94.1 Å². The molecule has 0 unspecified atom stereocenters. The zero-order chi connectivity index (χ0) is 22.7. The molecule has 0 aliphatic rings. The Kier molecular flexibility index (Phi) is 6.48. The first-order valence-electron chi connectivity index (χ1n) is 9.66. The van der Waals surface area contributed by atoms with E-state index in [4.69, 9.17) is 21.1 Å². The van der Waals surface area contributed by atoms with Crippen molar-refractivity contribution in [2.75, 3.05) is 31.3 Å². The molecule has 164 valence electrons. The molecule has 32 heavy (non-hydrogen) atoms. The van der Waals surface area contributed by atoms with Crippen molar-refractivity contribution < 1.29 is 9.47 Å². The summed E-state index contributed by atoms with van der Waals surface area (Å²) in [5.74, 6) is 1.70. The van der Waals surface area contributed by atoms with Crippen molar-refractivity contribution in [3.05, 3.63) is 53.4 Å². The lowest BCUT2D eigenvalue weighted by molar-refractivity contribution is 0.387. The lowest BCUT2D eigenvalue weighted by Crippen LogP contribution is -2.00. The van der Waals surface area contributed by atoms with Gasteiger partial charge in [0.25, 0.3) is 0 Å². The standard InChI is InChI=1S/C22H21ClN6O2S/c1-12-16(8-13-10-26-22(24-2)28-20(13)27-12)15-6-5-7-17(19(15)30-3)29-32-18-9-14(23)11-25-21(18)31-4/h5-11,29H,1-4H3,(H,24,26,27,28). The second-order valence-corrected chi connectivity index (χ2v) is 8.01. The number of halogens is 1. The number of hydrogen-bond acceptors (Lipinski definition) is 9. The molecule has 3 aromatic heterocycles. The highest BCUT2D eigenvalue weighted by molar-refractivity contribution is 8.00. The Morgan fingerprint density at radius 3 is 2.59 bits per heavy atom. The fraction of sp³-hybridized carbons (Fsp3) is 0.182. The van der Waals surface area contributed by atoms with Gasteiger partial charge in [0.15, 0.2) is 11.4 Å². The van der Waals surface area contributed by atoms with Gasteiger partial charge in [0, 0.05) is 41.6 Å². The third-order valence-corrected chi connectivity index (χ3v) is 5.78. The lowest BCUT2D eigenvalue weighted by atomic mass is 10.0. The zero-order valence-corrected chi connectivity index (χ0v) is 19.5. The third-order valence-electron chi connectivity index (χ3n) is 4.74. The highest BCUT2D eigenvalue weighted by Gasteiger charge is 2.16. The van der Waals surface area contributed by atoms with Gasteiger partial charge in [-0.1, -0.05) is 23.7 Å². The number of nitrogens with zero attached hydrogens (tertiary/aromatic N) is 4. The van der Waals surface area contributed by atoms with E-state index in [2.05, 4.69) is 30.0 Å². The van der Waals surface area contributed by atoms with Crippen LogP contribution < -0.4 is 19.5 Å². The summed E-state index contributed by atoms with van der Waals surface area (Å²) in [6, 6.07) is 9.70. The molecule has 0 spiro atoms. The van der Waals surface area contributed by atoms with Crippen LogP contribution >= 0.6 is 23.5 Å². The van der Waals surface area contributed by atoms with E-state index in [1.54, 1.807) is 39.7 Å². The third kappa shape index (κ3) is 4.35. The van der Waals surface area contributed by atoms with Crippen molar-refractivity contribution >= 4 is 46.2 Å². The molecule has 10 heteroatoms. The number of nitrogens with one attached hydrogen (secondary N) is 2. The molecule has 0 atom stereocenters. The maximum Gasteiger partial charge on any atom is 0.228 e. The van der Waals surface area contributed by atoms with Crippen molar-refractivity contribution in [1.29, 1.82) is 0 Å². The normalized spacial score (nSPS) is 10.8. The molecule has 4 aromatic rings. The number of rotatable bonds is 7. The highest BCUT2D eigenvalue weighted by Crippen LogP contribution is 2.41. The molecule has 0 radical (unpaired) electrons. The van der Waals surface area contributed by atoms with Crippen molar-refractivity contribution in [1.82, 2.24) is 19.9 Å². The molecule has 8 nitrogen and oxygen atoms in total. The Balaban J connectivity index is 1.72. The zero-order valence-electron chi connectivity index (χ0n) is 17.9. The van der Waals surface area contributed by atoms with E-state index in [1.807, 2.05) is 31.2 Å². The van der Waals surface area contributed by atoms with Gasteiger partial charge >= 0.3 is 0 Å². The number of pyridine rings is 2. The van der Waals surface area contributed by atoms with E-state index in [-0.39, 0.29) is 0 Å². The Morgan fingerprint density at radius 1 is 1.00 bits per heavy atom. The van der Waals surface area contributed by atoms with Crippen LogP contribution in [0.15, 0.2) is 47.6 Å². The summed E-state index contributed by atoms with van der Waals surface area (Å²) < 4.78 is 14.4. The molecule has 3 heterocycles. The maximum absolute atomic E-state index is 6.10. The molecule has 0 aliphatic carbocycles. The summed E-state index contributed by atoms with van der Waals surface area (Å²) in [6.45, 7) is 1.95. The second-order valence-electron chi connectivity index (χ2n) is 6.73. The Hall–Kier alpha value is -3.30. The molecule has 4 rings (SSSR count). The van der Waals surface area contributed by atoms with Crippen molar-refractivity contribution in [2.45, 2.75) is 11.8 Å². The quantitative estimate of drug-likeness (QED) is 0.353. The summed E-state index contributed by atoms with van der Waals surface area (Å²) in [6.07, 6.45) is 3.30. The van der Waals surface area contributed by atoms with Crippen LogP contribution in [0.4, 0.5) is 11.6 Å². The number of fused-ring (bicyclic) bond motifs is 1. The smallest absolute Gasteiger partial charge is 0.228 e. The van der Waals surface area contributed by atoms with Gasteiger partial charge in [0.1, 0.15) is 0 Å². The van der Waals surface area contributed by atoms with Gasteiger partial charge in [-0.3, -0.25) is 0 Å². The first-order valence-corrected chi connectivity index (χ1v) is 10.9. The number of para-hydroxylation sites is 1. The van der Waals surface area contributed by atoms with Crippen LogP contribution in [0.1, 0.15) is 5.69 Å². The molecule has 2 N–H and O–H groups in total. The van der Waals surface area contributed by atoms with Gasteiger partial charge in [-0.15, -0.1) is 0 Å². The largest absolute Gasteiger partial charge is 0.494 e. The lowest BCUT2D eigenvalue weighted by Gasteiger charge is -2.16. The summed E-state index contributed by atoms with van der Waals surface area (Å²) in [5, 5.41) is 4.30. The van der Waals surface area contributed by atoms with Gasteiger partial charge in [0.2, 0.25) is 11.8 Å².